The number of nitrogens with one attached hydrogen (secondary N) is 1. The topological polar surface area (TPSA) is 21.3 Å². The molecule has 0 spiro atoms. The van der Waals surface area contributed by atoms with Gasteiger partial charge in [-0.3, -0.25) is 0 Å². The molecule has 0 aliphatic carbocycles. The molecule has 3 heteroatoms. The summed E-state index contributed by atoms with van der Waals surface area (Å²) in [6.07, 6.45) is 1.15. The van der Waals surface area contributed by atoms with Gasteiger partial charge in [-0.05, 0) is 54.9 Å². The second-order valence-corrected chi connectivity index (χ2v) is 4.81. The minimum Gasteiger partial charge on any atom is -0.457 e. The van der Waals surface area contributed by atoms with Crippen molar-refractivity contribution in [3.05, 3.63) is 59.1 Å². The molecule has 0 unspecified atom stereocenters. The van der Waals surface area contributed by atoms with Crippen molar-refractivity contribution in [1.29, 1.82) is 0 Å². The van der Waals surface area contributed by atoms with Gasteiger partial charge < -0.3 is 10.1 Å². The maximum atomic E-state index is 5.83. The Morgan fingerprint density at radius 2 is 1.53 bits per heavy atom. The third kappa shape index (κ3) is 4.58. The van der Waals surface area contributed by atoms with Gasteiger partial charge in [-0.25, -0.2) is 0 Å². The van der Waals surface area contributed by atoms with Crippen molar-refractivity contribution in [3.8, 4) is 11.5 Å². The summed E-state index contributed by atoms with van der Waals surface area (Å²) in [5.74, 6) is 1.63. The van der Waals surface area contributed by atoms with Crippen molar-refractivity contribution in [2.24, 2.45) is 0 Å². The normalized spacial score (nSPS) is 10.4. The molecule has 2 aromatic carbocycles. The lowest BCUT2D eigenvalue weighted by atomic mass is 10.2. The largest absolute Gasteiger partial charge is 0.457 e. The molecule has 2 nitrogen and oxygen atoms in total. The minimum absolute atomic E-state index is 0.713. The Morgan fingerprint density at radius 1 is 0.947 bits per heavy atom. The molecule has 100 valence electrons. The molecular formula is C16H18ClNO. The standard InChI is InChI=1S/C16H18ClNO/c1-2-11-18-12-13-3-7-15(8-4-13)19-16-9-5-14(17)6-10-16/h3-10,18H,2,11-12H2,1H3. The molecule has 0 fully saturated rings. The lowest BCUT2D eigenvalue weighted by molar-refractivity contribution is 0.482. The Balaban J connectivity index is 1.92. The number of ether oxygens (including phenoxy) is 1. The molecule has 2 rings (SSSR count). The third-order valence-electron chi connectivity index (χ3n) is 2.73. The maximum absolute atomic E-state index is 5.83. The van der Waals surface area contributed by atoms with Crippen LogP contribution in [-0.2, 0) is 6.54 Å². The molecule has 0 bridgehead atoms. The van der Waals surface area contributed by atoms with Crippen LogP contribution in [0.4, 0.5) is 0 Å². The molecule has 0 aliphatic heterocycles. The Morgan fingerprint density at radius 3 is 2.11 bits per heavy atom. The van der Waals surface area contributed by atoms with Gasteiger partial charge in [-0.1, -0.05) is 30.7 Å². The van der Waals surface area contributed by atoms with Crippen molar-refractivity contribution in [1.82, 2.24) is 5.32 Å². The van der Waals surface area contributed by atoms with E-state index in [1.165, 1.54) is 5.56 Å². The van der Waals surface area contributed by atoms with Crippen LogP contribution in [-0.4, -0.2) is 6.54 Å². The van der Waals surface area contributed by atoms with Gasteiger partial charge in [0.15, 0.2) is 0 Å². The molecular weight excluding hydrogens is 258 g/mol. The first-order chi connectivity index (χ1) is 9.28. The van der Waals surface area contributed by atoms with Crippen LogP contribution in [0.5, 0.6) is 11.5 Å². The molecule has 0 radical (unpaired) electrons. The number of hydrogen-bond acceptors (Lipinski definition) is 2. The van der Waals surface area contributed by atoms with Gasteiger partial charge in [0.25, 0.3) is 0 Å². The van der Waals surface area contributed by atoms with E-state index in [0.29, 0.717) is 5.02 Å². The first-order valence-electron chi connectivity index (χ1n) is 6.51. The van der Waals surface area contributed by atoms with Crippen molar-refractivity contribution in [3.63, 3.8) is 0 Å². The minimum atomic E-state index is 0.713. The molecule has 0 atom stereocenters. The summed E-state index contributed by atoms with van der Waals surface area (Å²) in [4.78, 5) is 0. The fourth-order valence-electron chi connectivity index (χ4n) is 1.72. The highest BCUT2D eigenvalue weighted by Gasteiger charge is 1.98. The summed E-state index contributed by atoms with van der Waals surface area (Å²) < 4.78 is 5.73. The predicted octanol–water partition coefficient (Wildman–Crippen LogP) is 4.63. The zero-order valence-electron chi connectivity index (χ0n) is 11.0. The zero-order chi connectivity index (χ0) is 13.5. The van der Waals surface area contributed by atoms with E-state index in [1.807, 2.05) is 36.4 Å². The van der Waals surface area contributed by atoms with E-state index in [0.717, 1.165) is 31.0 Å². The lowest BCUT2D eigenvalue weighted by Crippen LogP contribution is -2.13. The Bertz CT molecular complexity index is 493. The van der Waals surface area contributed by atoms with Crippen molar-refractivity contribution in [2.75, 3.05) is 6.54 Å². The van der Waals surface area contributed by atoms with Crippen LogP contribution in [0, 0.1) is 0 Å². The summed E-state index contributed by atoms with van der Waals surface area (Å²) in [6, 6.07) is 15.5. The Labute approximate surface area is 119 Å². The summed E-state index contributed by atoms with van der Waals surface area (Å²) in [5.41, 5.74) is 1.26. The van der Waals surface area contributed by atoms with Crippen LogP contribution < -0.4 is 10.1 Å². The van der Waals surface area contributed by atoms with Crippen LogP contribution in [0.25, 0.3) is 0 Å². The van der Waals surface area contributed by atoms with Crippen LogP contribution in [0.2, 0.25) is 5.02 Å². The van der Waals surface area contributed by atoms with E-state index in [2.05, 4.69) is 24.4 Å². The van der Waals surface area contributed by atoms with Crippen LogP contribution in [0.15, 0.2) is 48.5 Å². The molecule has 0 amide bonds. The summed E-state index contributed by atoms with van der Waals surface area (Å²) in [7, 11) is 0. The van der Waals surface area contributed by atoms with E-state index >= 15 is 0 Å². The molecule has 0 heterocycles. The van der Waals surface area contributed by atoms with E-state index in [9.17, 15) is 0 Å². The highest BCUT2D eigenvalue weighted by atomic mass is 35.5. The maximum Gasteiger partial charge on any atom is 0.127 e. The first kappa shape index (κ1) is 13.9. The van der Waals surface area contributed by atoms with Crippen LogP contribution in [0.3, 0.4) is 0 Å². The van der Waals surface area contributed by atoms with Gasteiger partial charge in [0, 0.05) is 11.6 Å². The van der Waals surface area contributed by atoms with Gasteiger partial charge in [-0.15, -0.1) is 0 Å². The summed E-state index contributed by atoms with van der Waals surface area (Å²) >= 11 is 5.83. The molecule has 1 N–H and O–H groups in total. The monoisotopic (exact) mass is 275 g/mol. The molecule has 0 saturated heterocycles. The average Bonchev–Trinajstić information content (AvgIpc) is 2.44. The van der Waals surface area contributed by atoms with Crippen LogP contribution >= 0.6 is 11.6 Å². The van der Waals surface area contributed by atoms with Gasteiger partial charge in [0.05, 0.1) is 0 Å². The van der Waals surface area contributed by atoms with Gasteiger partial charge >= 0.3 is 0 Å². The highest BCUT2D eigenvalue weighted by Crippen LogP contribution is 2.23. The summed E-state index contributed by atoms with van der Waals surface area (Å²) in [6.45, 7) is 4.11. The molecule has 0 aromatic heterocycles. The molecule has 0 saturated carbocycles. The fourth-order valence-corrected chi connectivity index (χ4v) is 1.85. The van der Waals surface area contributed by atoms with Gasteiger partial charge in [-0.2, -0.15) is 0 Å². The summed E-state index contributed by atoms with van der Waals surface area (Å²) in [5, 5.41) is 4.08. The smallest absolute Gasteiger partial charge is 0.127 e. The number of hydrogen-bond donors (Lipinski definition) is 1. The SMILES string of the molecule is CCCNCc1ccc(Oc2ccc(Cl)cc2)cc1. The number of halogens is 1. The Kier molecular flexibility index (Phi) is 5.25. The van der Waals surface area contributed by atoms with Crippen LogP contribution in [0.1, 0.15) is 18.9 Å². The Hall–Kier alpha value is -1.51. The van der Waals surface area contributed by atoms with Crippen molar-refractivity contribution < 1.29 is 4.74 Å². The zero-order valence-corrected chi connectivity index (χ0v) is 11.8. The fraction of sp³-hybridized carbons (Fsp3) is 0.250. The average molecular weight is 276 g/mol. The molecule has 2 aromatic rings. The first-order valence-corrected chi connectivity index (χ1v) is 6.89. The number of rotatable bonds is 6. The van der Waals surface area contributed by atoms with E-state index in [4.69, 9.17) is 16.3 Å². The lowest BCUT2D eigenvalue weighted by Gasteiger charge is -2.07. The second-order valence-electron chi connectivity index (χ2n) is 4.38. The van der Waals surface area contributed by atoms with E-state index < -0.39 is 0 Å². The highest BCUT2D eigenvalue weighted by molar-refractivity contribution is 6.30. The number of benzene rings is 2. The molecule has 19 heavy (non-hydrogen) atoms. The van der Waals surface area contributed by atoms with Crippen molar-refractivity contribution in [2.45, 2.75) is 19.9 Å². The van der Waals surface area contributed by atoms with Crippen molar-refractivity contribution >= 4 is 11.6 Å². The van der Waals surface area contributed by atoms with E-state index in [1.54, 1.807) is 0 Å². The quantitative estimate of drug-likeness (QED) is 0.776. The molecule has 0 aliphatic rings. The van der Waals surface area contributed by atoms with Gasteiger partial charge in [0.2, 0.25) is 0 Å². The third-order valence-corrected chi connectivity index (χ3v) is 2.98. The van der Waals surface area contributed by atoms with E-state index in [-0.39, 0.29) is 0 Å². The second kappa shape index (κ2) is 7.17. The van der Waals surface area contributed by atoms with Gasteiger partial charge in [0.1, 0.15) is 11.5 Å². The predicted molar refractivity (Wildman–Crippen MR) is 80.0 cm³/mol.